The summed E-state index contributed by atoms with van der Waals surface area (Å²) in [5.41, 5.74) is 0. The summed E-state index contributed by atoms with van der Waals surface area (Å²) in [6.07, 6.45) is 22.7. The maximum atomic E-state index is 12.2. The molecule has 0 rings (SSSR count). The number of allylic oxidation sites excluding steroid dienone is 2. The van der Waals surface area contributed by atoms with E-state index in [9.17, 15) is 29.7 Å². The Bertz CT molecular complexity index is 622. The monoisotopic (exact) mass is 540 g/mol. The van der Waals surface area contributed by atoms with Gasteiger partial charge in [0.25, 0.3) is 0 Å². The Kier molecular flexibility index (Phi) is 20.9. The van der Waals surface area contributed by atoms with Crippen LogP contribution in [0.25, 0.3) is 0 Å². The van der Waals surface area contributed by atoms with Gasteiger partial charge in [0.2, 0.25) is 0 Å². The van der Waals surface area contributed by atoms with Crippen molar-refractivity contribution in [2.45, 2.75) is 161 Å². The van der Waals surface area contributed by atoms with Crippen molar-refractivity contribution in [2.24, 2.45) is 0 Å². The minimum Gasteiger partial charge on any atom is -0.477 e. The van der Waals surface area contributed by atoms with E-state index in [1.807, 2.05) is 0 Å². The van der Waals surface area contributed by atoms with Crippen LogP contribution in [0.4, 0.5) is 0 Å². The maximum Gasteiger partial charge on any atom is 0.362 e. The first-order chi connectivity index (χ1) is 18.2. The Hall–Kier alpha value is -1.89. The van der Waals surface area contributed by atoms with E-state index in [-0.39, 0.29) is 25.8 Å². The lowest BCUT2D eigenvalue weighted by molar-refractivity contribution is -0.973. The van der Waals surface area contributed by atoms with Crippen LogP contribution in [0.5, 0.6) is 0 Å². The number of nitrogens with zero attached hydrogens (tertiary/aromatic N) is 1. The molecule has 0 fully saturated rings. The minimum absolute atomic E-state index is 0.187. The van der Waals surface area contributed by atoms with Crippen LogP contribution in [-0.4, -0.2) is 62.4 Å². The summed E-state index contributed by atoms with van der Waals surface area (Å²) in [4.78, 5) is 36.7. The second-order valence-electron chi connectivity index (χ2n) is 10.8. The topological polar surface area (TPSA) is 112 Å². The van der Waals surface area contributed by atoms with Crippen molar-refractivity contribution in [3.8, 4) is 0 Å². The lowest BCUT2D eigenvalue weighted by Gasteiger charge is -2.49. The molecule has 0 saturated carbocycles. The number of carboxylic acid groups (broad SMARTS) is 3. The van der Waals surface area contributed by atoms with Crippen molar-refractivity contribution < 1.29 is 34.2 Å². The Balaban J connectivity index is 4.72. The average Bonchev–Trinajstić information content (AvgIpc) is 2.86. The van der Waals surface area contributed by atoms with Crippen molar-refractivity contribution >= 4 is 17.9 Å². The largest absolute Gasteiger partial charge is 0.477 e. The quantitative estimate of drug-likeness (QED) is 0.0586. The third-order valence-corrected chi connectivity index (χ3v) is 8.06. The predicted octanol–water partition coefficient (Wildman–Crippen LogP) is 7.82. The molecule has 0 saturated heterocycles. The van der Waals surface area contributed by atoms with E-state index in [1.165, 1.54) is 57.8 Å². The number of aliphatic carboxylic acids is 3. The van der Waals surface area contributed by atoms with Gasteiger partial charge in [-0.15, -0.1) is 0 Å². The van der Waals surface area contributed by atoms with Crippen LogP contribution < -0.4 is 0 Å². The number of hydrogen-bond acceptors (Lipinski definition) is 3. The van der Waals surface area contributed by atoms with Gasteiger partial charge in [0, 0.05) is 19.3 Å². The van der Waals surface area contributed by atoms with Crippen LogP contribution >= 0.6 is 0 Å². The van der Waals surface area contributed by atoms with E-state index in [0.29, 0.717) is 6.42 Å². The molecule has 0 aromatic heterocycles. The van der Waals surface area contributed by atoms with Crippen LogP contribution in [0, 0.1) is 0 Å². The number of carbonyl (C=O) groups is 3. The van der Waals surface area contributed by atoms with Gasteiger partial charge in [-0.25, -0.2) is 14.4 Å². The predicted molar refractivity (Wildman–Crippen MR) is 154 cm³/mol. The highest BCUT2D eigenvalue weighted by atomic mass is 16.4. The number of rotatable bonds is 26. The molecule has 7 nitrogen and oxygen atoms in total. The molecule has 0 aliphatic carbocycles. The third-order valence-electron chi connectivity index (χ3n) is 8.06. The molecule has 3 unspecified atom stereocenters. The molecule has 0 aromatic rings. The summed E-state index contributed by atoms with van der Waals surface area (Å²) in [7, 11) is 0. The summed E-state index contributed by atoms with van der Waals surface area (Å²) in [5, 5.41) is 30.0. The Labute approximate surface area is 232 Å². The number of carboxylic acids is 3. The van der Waals surface area contributed by atoms with Gasteiger partial charge in [-0.1, -0.05) is 97.6 Å². The fourth-order valence-corrected chi connectivity index (χ4v) is 6.09. The van der Waals surface area contributed by atoms with E-state index in [4.69, 9.17) is 0 Å². The fraction of sp³-hybridized carbons (Fsp3) is 0.839. The average molecular weight is 541 g/mol. The molecule has 0 bridgehead atoms. The minimum atomic E-state index is -1.12. The van der Waals surface area contributed by atoms with Gasteiger partial charge in [-0.2, -0.15) is 0 Å². The van der Waals surface area contributed by atoms with Gasteiger partial charge in [0.05, 0.1) is 6.54 Å². The second-order valence-corrected chi connectivity index (χ2v) is 10.8. The fourth-order valence-electron chi connectivity index (χ4n) is 6.09. The number of hydrogen-bond donors (Lipinski definition) is 3. The van der Waals surface area contributed by atoms with Crippen LogP contribution in [-0.2, 0) is 14.4 Å². The summed E-state index contributed by atoms with van der Waals surface area (Å²) in [6.45, 7) is 7.61. The van der Waals surface area contributed by atoms with Gasteiger partial charge in [0.1, 0.15) is 0 Å². The van der Waals surface area contributed by atoms with E-state index < -0.39 is 40.5 Å². The lowest BCUT2D eigenvalue weighted by Crippen LogP contribution is -2.72. The van der Waals surface area contributed by atoms with Crippen molar-refractivity contribution in [3.63, 3.8) is 0 Å². The Morgan fingerprint density at radius 3 is 1.16 bits per heavy atom. The van der Waals surface area contributed by atoms with Crippen LogP contribution in [0.1, 0.15) is 143 Å². The first-order valence-electron chi connectivity index (χ1n) is 15.4. The SMILES string of the molecule is CCCCCCCCCCC/C=C/CCCCCC[N+](C(CC)C(=O)O)(C(CC)C(=O)O)C(CC)C(=O)O. The molecule has 3 N–H and O–H groups in total. The van der Waals surface area contributed by atoms with Crippen LogP contribution in [0.3, 0.4) is 0 Å². The molecule has 0 heterocycles. The second kappa shape index (κ2) is 22.0. The first kappa shape index (κ1) is 36.1. The third kappa shape index (κ3) is 12.8. The molecule has 3 atom stereocenters. The molecule has 7 heteroatoms. The van der Waals surface area contributed by atoms with Crippen molar-refractivity contribution in [3.05, 3.63) is 12.2 Å². The van der Waals surface area contributed by atoms with Crippen molar-refractivity contribution in [1.29, 1.82) is 0 Å². The standard InChI is InChI=1S/C31H57NO6/c1-5-9-10-11-12-13-14-15-16-17-18-19-20-21-22-23-24-25-32(26(6-2)29(33)34,27(7-3)30(35)36)28(8-4)31(37)38/h18-19,26-28H,5-17,20-25H2,1-4H3,(H2-,33,34,35,36,37,38)/p+1/b19-18+. The zero-order valence-electron chi connectivity index (χ0n) is 24.8. The zero-order valence-corrected chi connectivity index (χ0v) is 24.8. The van der Waals surface area contributed by atoms with Gasteiger partial charge < -0.3 is 15.3 Å². The Morgan fingerprint density at radius 2 is 0.842 bits per heavy atom. The summed E-state index contributed by atoms with van der Waals surface area (Å²) >= 11 is 0. The molecular weight excluding hydrogens is 482 g/mol. The number of unbranched alkanes of at least 4 members (excludes halogenated alkanes) is 13. The van der Waals surface area contributed by atoms with Crippen molar-refractivity contribution in [1.82, 2.24) is 0 Å². The van der Waals surface area contributed by atoms with E-state index in [2.05, 4.69) is 19.1 Å². The highest BCUT2D eigenvalue weighted by Gasteiger charge is 2.55. The summed E-state index contributed by atoms with van der Waals surface area (Å²) < 4.78 is -0.415. The van der Waals surface area contributed by atoms with Gasteiger partial charge in [0.15, 0.2) is 18.1 Å². The van der Waals surface area contributed by atoms with Crippen molar-refractivity contribution in [2.75, 3.05) is 6.54 Å². The number of quaternary nitrogens is 1. The van der Waals surface area contributed by atoms with E-state index in [0.717, 1.165) is 32.1 Å². The molecule has 0 amide bonds. The van der Waals surface area contributed by atoms with Crippen LogP contribution in [0.2, 0.25) is 0 Å². The Morgan fingerprint density at radius 1 is 0.526 bits per heavy atom. The summed E-state index contributed by atoms with van der Waals surface area (Å²) in [5.74, 6) is -3.36. The zero-order chi connectivity index (χ0) is 28.8. The molecule has 0 radical (unpaired) electrons. The van der Waals surface area contributed by atoms with Gasteiger partial charge >= 0.3 is 17.9 Å². The van der Waals surface area contributed by atoms with E-state index >= 15 is 0 Å². The van der Waals surface area contributed by atoms with E-state index in [1.54, 1.807) is 20.8 Å². The molecule has 0 aliphatic rings. The smallest absolute Gasteiger partial charge is 0.362 e. The highest BCUT2D eigenvalue weighted by Crippen LogP contribution is 2.32. The van der Waals surface area contributed by atoms with Gasteiger partial charge in [-0.05, 0) is 38.5 Å². The molecule has 222 valence electrons. The normalized spacial score (nSPS) is 15.7. The van der Waals surface area contributed by atoms with Crippen LogP contribution in [0.15, 0.2) is 12.2 Å². The molecular formula is C31H58NO6+. The molecule has 0 aliphatic heterocycles. The molecule has 0 aromatic carbocycles. The lowest BCUT2D eigenvalue weighted by atomic mass is 9.94. The molecule has 0 spiro atoms. The highest BCUT2D eigenvalue weighted by molar-refractivity contribution is 5.78. The first-order valence-corrected chi connectivity index (χ1v) is 15.4. The molecule has 38 heavy (non-hydrogen) atoms. The summed E-state index contributed by atoms with van der Waals surface area (Å²) in [6, 6.07) is -3.21. The van der Waals surface area contributed by atoms with Gasteiger partial charge in [-0.3, -0.25) is 4.48 Å². The maximum absolute atomic E-state index is 12.2.